The molecule has 0 aliphatic rings. The summed E-state index contributed by atoms with van der Waals surface area (Å²) in [5, 5.41) is 3.02. The third-order valence-electron chi connectivity index (χ3n) is 3.79. The molecule has 0 bridgehead atoms. The molecule has 2 aromatic carbocycles. The Balaban J connectivity index is 1.94. The van der Waals surface area contributed by atoms with Crippen LogP contribution >= 0.6 is 0 Å². The number of carbonyl (C=O) groups is 1. The molecule has 0 fully saturated rings. The van der Waals surface area contributed by atoms with E-state index in [2.05, 4.69) is 5.32 Å². The van der Waals surface area contributed by atoms with E-state index in [0.29, 0.717) is 12.8 Å². The van der Waals surface area contributed by atoms with Crippen LogP contribution in [0.15, 0.2) is 48.5 Å². The molecule has 2 aromatic rings. The largest absolute Gasteiger partial charge is 0.497 e. The number of amides is 1. The van der Waals surface area contributed by atoms with E-state index < -0.39 is 0 Å². The molecular formula is C19H23NO3. The third kappa shape index (κ3) is 4.74. The summed E-state index contributed by atoms with van der Waals surface area (Å²) in [5.41, 5.74) is 2.06. The highest BCUT2D eigenvalue weighted by molar-refractivity contribution is 5.76. The summed E-state index contributed by atoms with van der Waals surface area (Å²) >= 11 is 0. The maximum atomic E-state index is 12.2. The highest BCUT2D eigenvalue weighted by atomic mass is 16.5. The van der Waals surface area contributed by atoms with Crippen molar-refractivity contribution in [3.05, 3.63) is 59.7 Å². The molecule has 0 saturated carbocycles. The molecule has 23 heavy (non-hydrogen) atoms. The number of hydrogen-bond donors (Lipinski definition) is 1. The normalized spacial score (nSPS) is 11.6. The maximum absolute atomic E-state index is 12.2. The van der Waals surface area contributed by atoms with Crippen LogP contribution in [0.3, 0.4) is 0 Å². The van der Waals surface area contributed by atoms with Crippen molar-refractivity contribution < 1.29 is 14.3 Å². The van der Waals surface area contributed by atoms with Gasteiger partial charge in [-0.15, -0.1) is 0 Å². The Morgan fingerprint density at radius 1 is 1.09 bits per heavy atom. The number of aryl methyl sites for hydroxylation is 1. The number of methoxy groups -OCH3 is 2. The molecule has 0 heterocycles. The Kier molecular flexibility index (Phi) is 6.03. The smallest absolute Gasteiger partial charge is 0.220 e. The summed E-state index contributed by atoms with van der Waals surface area (Å²) < 4.78 is 10.6. The second kappa shape index (κ2) is 8.22. The van der Waals surface area contributed by atoms with E-state index in [9.17, 15) is 4.79 Å². The van der Waals surface area contributed by atoms with Gasteiger partial charge < -0.3 is 14.8 Å². The van der Waals surface area contributed by atoms with Gasteiger partial charge in [-0.2, -0.15) is 0 Å². The van der Waals surface area contributed by atoms with Crippen molar-refractivity contribution >= 4 is 5.91 Å². The predicted octanol–water partition coefficient (Wildman–Crippen LogP) is 3.51. The number of carbonyl (C=O) groups excluding carboxylic acids is 1. The van der Waals surface area contributed by atoms with Crippen molar-refractivity contribution in [2.24, 2.45) is 0 Å². The molecule has 4 heteroatoms. The van der Waals surface area contributed by atoms with Crippen LogP contribution in [0.5, 0.6) is 11.5 Å². The summed E-state index contributed by atoms with van der Waals surface area (Å²) in [6, 6.07) is 15.5. The average molecular weight is 313 g/mol. The minimum absolute atomic E-state index is 0.00379. The van der Waals surface area contributed by atoms with Crippen LogP contribution in [-0.2, 0) is 11.2 Å². The highest BCUT2D eigenvalue weighted by Crippen LogP contribution is 2.25. The molecule has 0 aromatic heterocycles. The summed E-state index contributed by atoms with van der Waals surface area (Å²) in [5.74, 6) is 1.56. The minimum Gasteiger partial charge on any atom is -0.497 e. The zero-order valence-electron chi connectivity index (χ0n) is 13.8. The highest BCUT2D eigenvalue weighted by Gasteiger charge is 2.11. The molecule has 1 N–H and O–H groups in total. The van der Waals surface area contributed by atoms with Gasteiger partial charge in [0.2, 0.25) is 5.91 Å². The van der Waals surface area contributed by atoms with Crippen molar-refractivity contribution in [2.45, 2.75) is 25.8 Å². The zero-order valence-corrected chi connectivity index (χ0v) is 13.8. The topological polar surface area (TPSA) is 47.6 Å². The van der Waals surface area contributed by atoms with Crippen LogP contribution in [0.1, 0.15) is 30.5 Å². The van der Waals surface area contributed by atoms with Gasteiger partial charge in [-0.05, 0) is 42.7 Å². The first kappa shape index (κ1) is 16.9. The van der Waals surface area contributed by atoms with E-state index in [1.165, 1.54) is 0 Å². The Labute approximate surface area is 137 Å². The number of rotatable bonds is 7. The number of nitrogens with one attached hydrogen (secondary N) is 1. The van der Waals surface area contributed by atoms with Gasteiger partial charge in [0.1, 0.15) is 11.5 Å². The molecule has 1 amide bonds. The van der Waals surface area contributed by atoms with Crippen LogP contribution in [0.4, 0.5) is 0 Å². The molecule has 0 aliphatic heterocycles. The molecule has 0 aliphatic carbocycles. The summed E-state index contributed by atoms with van der Waals surface area (Å²) in [6.45, 7) is 1.99. The van der Waals surface area contributed by atoms with Gasteiger partial charge in [-0.25, -0.2) is 0 Å². The van der Waals surface area contributed by atoms with Crippen LogP contribution < -0.4 is 14.8 Å². The van der Waals surface area contributed by atoms with Crippen LogP contribution in [0.2, 0.25) is 0 Å². The molecule has 0 saturated heterocycles. The molecule has 122 valence electrons. The van der Waals surface area contributed by atoms with Crippen molar-refractivity contribution in [1.29, 1.82) is 0 Å². The molecular weight excluding hydrogens is 290 g/mol. The minimum atomic E-state index is -0.00379. The zero-order chi connectivity index (χ0) is 16.7. The number of hydrogen-bond acceptors (Lipinski definition) is 3. The second-order valence-corrected chi connectivity index (χ2v) is 5.38. The standard InChI is InChI=1S/C19H23NO3/c1-14(15-7-5-4-6-8-15)20-19(21)12-9-16-13-17(22-2)10-11-18(16)23-3/h4-8,10-11,13-14H,9,12H2,1-3H3,(H,20,21). The summed E-state index contributed by atoms with van der Waals surface area (Å²) in [4.78, 5) is 12.2. The molecule has 4 nitrogen and oxygen atoms in total. The summed E-state index contributed by atoms with van der Waals surface area (Å²) in [7, 11) is 3.25. The van der Waals surface area contributed by atoms with E-state index in [-0.39, 0.29) is 11.9 Å². The monoisotopic (exact) mass is 313 g/mol. The lowest BCUT2D eigenvalue weighted by Crippen LogP contribution is -2.26. The van der Waals surface area contributed by atoms with Gasteiger partial charge in [0.15, 0.2) is 0 Å². The second-order valence-electron chi connectivity index (χ2n) is 5.38. The van der Waals surface area contributed by atoms with E-state index >= 15 is 0 Å². The fourth-order valence-corrected chi connectivity index (χ4v) is 2.46. The third-order valence-corrected chi connectivity index (χ3v) is 3.79. The SMILES string of the molecule is COc1ccc(OC)c(CCC(=O)NC(C)c2ccccc2)c1. The maximum Gasteiger partial charge on any atom is 0.220 e. The molecule has 1 atom stereocenters. The lowest BCUT2D eigenvalue weighted by Gasteiger charge is -2.15. The van der Waals surface area contributed by atoms with E-state index in [4.69, 9.17) is 9.47 Å². The van der Waals surface area contributed by atoms with E-state index in [1.54, 1.807) is 14.2 Å². The van der Waals surface area contributed by atoms with Gasteiger partial charge >= 0.3 is 0 Å². The number of ether oxygens (including phenoxy) is 2. The van der Waals surface area contributed by atoms with Gasteiger partial charge in [-0.1, -0.05) is 30.3 Å². The van der Waals surface area contributed by atoms with Crippen LogP contribution in [0, 0.1) is 0 Å². The fraction of sp³-hybridized carbons (Fsp3) is 0.316. The molecule has 0 radical (unpaired) electrons. The van der Waals surface area contributed by atoms with Gasteiger partial charge in [0.25, 0.3) is 0 Å². The lowest BCUT2D eigenvalue weighted by atomic mass is 10.1. The van der Waals surface area contributed by atoms with Crippen molar-refractivity contribution in [2.75, 3.05) is 14.2 Å². The Morgan fingerprint density at radius 3 is 2.48 bits per heavy atom. The van der Waals surface area contributed by atoms with E-state index in [1.807, 2.05) is 55.5 Å². The number of benzene rings is 2. The lowest BCUT2D eigenvalue weighted by molar-refractivity contribution is -0.121. The average Bonchev–Trinajstić information content (AvgIpc) is 2.60. The Morgan fingerprint density at radius 2 is 1.83 bits per heavy atom. The van der Waals surface area contributed by atoms with Crippen LogP contribution in [-0.4, -0.2) is 20.1 Å². The van der Waals surface area contributed by atoms with Crippen molar-refractivity contribution in [1.82, 2.24) is 5.32 Å². The quantitative estimate of drug-likeness (QED) is 0.851. The van der Waals surface area contributed by atoms with Gasteiger partial charge in [0, 0.05) is 6.42 Å². The van der Waals surface area contributed by atoms with Crippen LogP contribution in [0.25, 0.3) is 0 Å². The molecule has 1 unspecified atom stereocenters. The Hall–Kier alpha value is -2.49. The molecule has 0 spiro atoms. The predicted molar refractivity (Wildman–Crippen MR) is 90.9 cm³/mol. The molecule has 2 rings (SSSR count). The summed E-state index contributed by atoms with van der Waals surface area (Å²) in [6.07, 6.45) is 1.01. The van der Waals surface area contributed by atoms with Gasteiger partial charge in [-0.3, -0.25) is 4.79 Å². The first-order chi connectivity index (χ1) is 11.1. The van der Waals surface area contributed by atoms with Crippen molar-refractivity contribution in [3.63, 3.8) is 0 Å². The van der Waals surface area contributed by atoms with Gasteiger partial charge in [0.05, 0.1) is 20.3 Å². The van der Waals surface area contributed by atoms with Crippen molar-refractivity contribution in [3.8, 4) is 11.5 Å². The first-order valence-corrected chi connectivity index (χ1v) is 7.69. The Bertz CT molecular complexity index is 640. The fourth-order valence-electron chi connectivity index (χ4n) is 2.46. The van der Waals surface area contributed by atoms with E-state index in [0.717, 1.165) is 22.6 Å². The first-order valence-electron chi connectivity index (χ1n) is 7.69.